The summed E-state index contributed by atoms with van der Waals surface area (Å²) in [6.07, 6.45) is 46.3. The second-order valence-electron chi connectivity index (χ2n) is 16.1. The van der Waals surface area contributed by atoms with Crippen LogP contribution in [-0.2, 0) is 25.7 Å². The molecule has 1 nitrogen and oxygen atoms in total. The molecule has 0 spiro atoms. The summed E-state index contributed by atoms with van der Waals surface area (Å²) in [5.41, 5.74) is 6.01. The molecule has 292 valence electrons. The molecule has 2 aromatic carbocycles. The molecule has 2 aromatic rings. The summed E-state index contributed by atoms with van der Waals surface area (Å²) >= 11 is 0. The first-order valence-corrected chi connectivity index (χ1v) is 23.1. The molecule has 0 aliphatic carbocycles. The lowest BCUT2D eigenvalue weighted by Gasteiger charge is -2.19. The van der Waals surface area contributed by atoms with Crippen LogP contribution >= 0.6 is 0 Å². The van der Waals surface area contributed by atoms with Crippen LogP contribution in [0.2, 0.25) is 0 Å². The largest absolute Gasteiger partial charge is 0.457 e. The molecule has 2 rings (SSSR count). The zero-order valence-corrected chi connectivity index (χ0v) is 34.9. The van der Waals surface area contributed by atoms with Crippen molar-refractivity contribution in [2.45, 2.75) is 246 Å². The van der Waals surface area contributed by atoms with Crippen LogP contribution in [0, 0.1) is 0 Å². The van der Waals surface area contributed by atoms with Gasteiger partial charge in [0.05, 0.1) is 0 Å². The fourth-order valence-corrected chi connectivity index (χ4v) is 7.94. The molecule has 0 bridgehead atoms. The lowest BCUT2D eigenvalue weighted by molar-refractivity contribution is 0.464. The molecule has 0 atom stereocenters. The fraction of sp³-hybridized carbons (Fsp3) is 0.760. The van der Waals surface area contributed by atoms with E-state index in [2.05, 4.69) is 64.1 Å². The summed E-state index contributed by atoms with van der Waals surface area (Å²) in [5, 5.41) is 0. The van der Waals surface area contributed by atoms with Crippen molar-refractivity contribution in [3.8, 4) is 11.5 Å². The minimum Gasteiger partial charge on any atom is -0.457 e. The van der Waals surface area contributed by atoms with Crippen LogP contribution in [0.1, 0.15) is 243 Å². The summed E-state index contributed by atoms with van der Waals surface area (Å²) in [5.74, 6) is 2.23. The molecule has 0 aliphatic heterocycles. The van der Waals surface area contributed by atoms with Gasteiger partial charge in [-0.25, -0.2) is 0 Å². The molecule has 0 N–H and O–H groups in total. The van der Waals surface area contributed by atoms with Gasteiger partial charge in [0.1, 0.15) is 11.5 Å². The average molecular weight is 703 g/mol. The molecule has 0 radical (unpaired) electrons. The van der Waals surface area contributed by atoms with Gasteiger partial charge in [-0.3, -0.25) is 0 Å². The van der Waals surface area contributed by atoms with Crippen LogP contribution in [-0.4, -0.2) is 0 Å². The maximum Gasteiger partial charge on any atom is 0.130 e. The third kappa shape index (κ3) is 22.1. The minimum absolute atomic E-state index is 1.12. The Labute approximate surface area is 319 Å². The molecule has 0 fully saturated rings. The van der Waals surface area contributed by atoms with Crippen molar-refractivity contribution in [2.24, 2.45) is 0 Å². The SMILES string of the molecule is CCCCCCCCCCCCCCCc1cccc(Oc2cccc(CCCCCCCCCCCCCCC)c2CCCC)c1CCCC. The van der Waals surface area contributed by atoms with Crippen LogP contribution < -0.4 is 4.74 Å². The zero-order valence-electron chi connectivity index (χ0n) is 34.9. The van der Waals surface area contributed by atoms with Crippen molar-refractivity contribution in [2.75, 3.05) is 0 Å². The van der Waals surface area contributed by atoms with E-state index in [-0.39, 0.29) is 0 Å². The maximum atomic E-state index is 6.95. The van der Waals surface area contributed by atoms with E-state index in [1.807, 2.05) is 0 Å². The van der Waals surface area contributed by atoms with Gasteiger partial charge < -0.3 is 4.74 Å². The Hall–Kier alpha value is -1.76. The number of unbranched alkanes of at least 4 members (excludes halogenated alkanes) is 26. The first kappa shape index (κ1) is 45.4. The molecule has 0 aliphatic rings. The summed E-state index contributed by atoms with van der Waals surface area (Å²) < 4.78 is 6.95. The molecular weight excluding hydrogens is 617 g/mol. The lowest BCUT2D eigenvalue weighted by atomic mass is 9.95. The van der Waals surface area contributed by atoms with Crippen molar-refractivity contribution in [3.05, 3.63) is 58.7 Å². The van der Waals surface area contributed by atoms with Crippen molar-refractivity contribution in [3.63, 3.8) is 0 Å². The van der Waals surface area contributed by atoms with E-state index < -0.39 is 0 Å². The Kier molecular flexibility index (Phi) is 29.2. The predicted molar refractivity (Wildman–Crippen MR) is 229 cm³/mol. The third-order valence-corrected chi connectivity index (χ3v) is 11.3. The van der Waals surface area contributed by atoms with Gasteiger partial charge in [0, 0.05) is 0 Å². The predicted octanol–water partition coefficient (Wildman–Crippen LogP) is 17.4. The highest BCUT2D eigenvalue weighted by atomic mass is 16.5. The highest BCUT2D eigenvalue weighted by Gasteiger charge is 2.15. The molecule has 51 heavy (non-hydrogen) atoms. The summed E-state index contributed by atoms with van der Waals surface area (Å²) in [7, 11) is 0. The topological polar surface area (TPSA) is 9.23 Å². The molecule has 1 heteroatoms. The van der Waals surface area contributed by atoms with E-state index in [1.165, 1.54) is 228 Å². The Balaban J connectivity index is 1.84. The first-order valence-electron chi connectivity index (χ1n) is 23.1. The number of ether oxygens (including phenoxy) is 1. The molecule has 0 unspecified atom stereocenters. The number of hydrogen-bond acceptors (Lipinski definition) is 1. The van der Waals surface area contributed by atoms with Crippen LogP contribution in [0.5, 0.6) is 11.5 Å². The van der Waals surface area contributed by atoms with Gasteiger partial charge in [-0.15, -0.1) is 0 Å². The average Bonchev–Trinajstić information content (AvgIpc) is 3.14. The van der Waals surface area contributed by atoms with Gasteiger partial charge in [0.25, 0.3) is 0 Å². The number of benzene rings is 2. The Morgan fingerprint density at radius 3 is 0.863 bits per heavy atom. The maximum absolute atomic E-state index is 6.95. The second-order valence-corrected chi connectivity index (χ2v) is 16.1. The van der Waals surface area contributed by atoms with E-state index in [0.717, 1.165) is 24.3 Å². The van der Waals surface area contributed by atoms with Crippen molar-refractivity contribution >= 4 is 0 Å². The number of aryl methyl sites for hydroxylation is 2. The molecule has 0 heterocycles. The monoisotopic (exact) mass is 703 g/mol. The van der Waals surface area contributed by atoms with Crippen LogP contribution in [0.25, 0.3) is 0 Å². The van der Waals surface area contributed by atoms with Crippen LogP contribution in [0.4, 0.5) is 0 Å². The van der Waals surface area contributed by atoms with Gasteiger partial charge in [0.15, 0.2) is 0 Å². The lowest BCUT2D eigenvalue weighted by Crippen LogP contribution is -2.03. The first-order chi connectivity index (χ1) is 25.2. The van der Waals surface area contributed by atoms with Crippen LogP contribution in [0.15, 0.2) is 36.4 Å². The van der Waals surface area contributed by atoms with Crippen molar-refractivity contribution < 1.29 is 4.74 Å². The highest BCUT2D eigenvalue weighted by molar-refractivity contribution is 5.47. The standard InChI is InChI=1S/C50H86O/c1-5-9-13-15-17-19-21-23-25-27-29-31-33-37-45-39-35-43-49(47(45)41-11-7-3)51-50-44-36-40-46(48(50)42-12-8-4)38-34-32-30-28-26-24-22-20-18-16-14-10-6-2/h35-36,39-40,43-44H,5-34,37-38,41-42H2,1-4H3. The Morgan fingerprint density at radius 1 is 0.294 bits per heavy atom. The van der Waals surface area contributed by atoms with Gasteiger partial charge in [0.2, 0.25) is 0 Å². The highest BCUT2D eigenvalue weighted by Crippen LogP contribution is 2.34. The molecule has 0 amide bonds. The van der Waals surface area contributed by atoms with E-state index in [0.29, 0.717) is 0 Å². The zero-order chi connectivity index (χ0) is 36.5. The van der Waals surface area contributed by atoms with E-state index in [9.17, 15) is 0 Å². The minimum atomic E-state index is 1.12. The van der Waals surface area contributed by atoms with Crippen molar-refractivity contribution in [1.29, 1.82) is 0 Å². The normalized spacial score (nSPS) is 11.5. The van der Waals surface area contributed by atoms with Gasteiger partial charge >= 0.3 is 0 Å². The van der Waals surface area contributed by atoms with Crippen molar-refractivity contribution in [1.82, 2.24) is 0 Å². The van der Waals surface area contributed by atoms with Gasteiger partial charge in [-0.1, -0.05) is 219 Å². The molecule has 0 saturated carbocycles. The molecular formula is C50H86O. The number of hydrogen-bond donors (Lipinski definition) is 0. The Bertz CT molecular complexity index is 970. The van der Waals surface area contributed by atoms with Gasteiger partial charge in [-0.05, 0) is 85.8 Å². The smallest absolute Gasteiger partial charge is 0.130 e. The van der Waals surface area contributed by atoms with E-state index >= 15 is 0 Å². The van der Waals surface area contributed by atoms with E-state index in [4.69, 9.17) is 4.74 Å². The fourth-order valence-electron chi connectivity index (χ4n) is 7.94. The molecule has 0 aromatic heterocycles. The summed E-state index contributed by atoms with van der Waals surface area (Å²) in [4.78, 5) is 0. The van der Waals surface area contributed by atoms with E-state index in [1.54, 1.807) is 0 Å². The number of rotatable bonds is 36. The third-order valence-electron chi connectivity index (χ3n) is 11.3. The van der Waals surface area contributed by atoms with Crippen LogP contribution in [0.3, 0.4) is 0 Å². The summed E-state index contributed by atoms with van der Waals surface area (Å²) in [6.45, 7) is 9.25. The second kappa shape index (κ2) is 32.9. The Morgan fingerprint density at radius 2 is 0.569 bits per heavy atom. The summed E-state index contributed by atoms with van der Waals surface area (Å²) in [6, 6.07) is 13.8. The quantitative estimate of drug-likeness (QED) is 0.0642. The van der Waals surface area contributed by atoms with Gasteiger partial charge in [-0.2, -0.15) is 0 Å². The molecule has 0 saturated heterocycles.